The third-order valence-electron chi connectivity index (χ3n) is 4.41. The van der Waals surface area contributed by atoms with Crippen molar-refractivity contribution in [3.8, 4) is 0 Å². The zero-order valence-corrected chi connectivity index (χ0v) is 15.4. The first-order valence-electron chi connectivity index (χ1n) is 9.24. The molecule has 1 amide bonds. The molecule has 1 heterocycles. The summed E-state index contributed by atoms with van der Waals surface area (Å²) >= 11 is 0. The van der Waals surface area contributed by atoms with Gasteiger partial charge in [0, 0.05) is 26.2 Å². The molecule has 2 rings (SSSR count). The molecule has 1 aromatic carbocycles. The number of guanidine groups is 1. The van der Waals surface area contributed by atoms with Crippen molar-refractivity contribution in [2.45, 2.75) is 39.8 Å². The molecule has 1 aromatic rings. The Kier molecular flexibility index (Phi) is 7.73. The van der Waals surface area contributed by atoms with Gasteiger partial charge in [-0.2, -0.15) is 0 Å². The highest BCUT2D eigenvalue weighted by Crippen LogP contribution is 2.19. The van der Waals surface area contributed by atoms with E-state index >= 15 is 0 Å². The number of nitrogens with zero attached hydrogens (tertiary/aromatic N) is 2. The van der Waals surface area contributed by atoms with Crippen LogP contribution in [0, 0.1) is 5.92 Å². The van der Waals surface area contributed by atoms with Crippen molar-refractivity contribution in [3.63, 3.8) is 0 Å². The molecule has 0 bridgehead atoms. The van der Waals surface area contributed by atoms with Crippen molar-refractivity contribution in [2.75, 3.05) is 26.2 Å². The first kappa shape index (κ1) is 19.2. The maximum atomic E-state index is 11.4. The van der Waals surface area contributed by atoms with Crippen LogP contribution in [0.2, 0.25) is 0 Å². The van der Waals surface area contributed by atoms with Crippen molar-refractivity contribution >= 4 is 11.9 Å². The van der Waals surface area contributed by atoms with Crippen LogP contribution in [0.1, 0.15) is 37.8 Å². The molecule has 6 nitrogen and oxygen atoms in total. The van der Waals surface area contributed by atoms with E-state index < -0.39 is 0 Å². The Morgan fingerprint density at radius 3 is 2.68 bits per heavy atom. The summed E-state index contributed by atoms with van der Waals surface area (Å²) in [6.07, 6.45) is 1.95. The highest BCUT2D eigenvalue weighted by molar-refractivity contribution is 5.79. The number of carbonyl (C=O) groups excluding carboxylic acids is 1. The lowest BCUT2D eigenvalue weighted by Gasteiger charge is -2.31. The van der Waals surface area contributed by atoms with Crippen molar-refractivity contribution in [2.24, 2.45) is 16.6 Å². The molecule has 1 unspecified atom stereocenters. The highest BCUT2D eigenvalue weighted by Gasteiger charge is 2.23. The molecule has 138 valence electrons. The molecule has 0 aromatic heterocycles. The Morgan fingerprint density at radius 2 is 2.00 bits per heavy atom. The first-order chi connectivity index (χ1) is 12.1. The summed E-state index contributed by atoms with van der Waals surface area (Å²) in [5, 5.41) is 6.47. The zero-order valence-electron chi connectivity index (χ0n) is 15.4. The molecule has 1 aliphatic heterocycles. The van der Waals surface area contributed by atoms with Gasteiger partial charge < -0.3 is 16.4 Å². The molecule has 0 radical (unpaired) electrons. The fraction of sp³-hybridized carbons (Fsp3) is 0.579. The lowest BCUT2D eigenvalue weighted by molar-refractivity contribution is -0.123. The minimum Gasteiger partial charge on any atom is -0.369 e. The van der Waals surface area contributed by atoms with Gasteiger partial charge in [0.05, 0.1) is 12.5 Å². The number of primary amides is 1. The van der Waals surface area contributed by atoms with Crippen molar-refractivity contribution < 1.29 is 4.79 Å². The van der Waals surface area contributed by atoms with E-state index in [0.717, 1.165) is 51.5 Å². The number of carbonyl (C=O) groups is 1. The van der Waals surface area contributed by atoms with Gasteiger partial charge in [-0.3, -0.25) is 9.69 Å². The van der Waals surface area contributed by atoms with Gasteiger partial charge in [0.15, 0.2) is 5.96 Å². The number of benzene rings is 1. The summed E-state index contributed by atoms with van der Waals surface area (Å²) in [6, 6.07) is 8.52. The number of hydrogen-bond acceptors (Lipinski definition) is 3. The van der Waals surface area contributed by atoms with E-state index in [0.29, 0.717) is 6.54 Å². The van der Waals surface area contributed by atoms with Crippen LogP contribution in [-0.2, 0) is 17.9 Å². The monoisotopic (exact) mass is 345 g/mol. The smallest absolute Gasteiger partial charge is 0.221 e. The van der Waals surface area contributed by atoms with Gasteiger partial charge in [-0.25, -0.2) is 4.99 Å². The Hall–Kier alpha value is -2.08. The minimum atomic E-state index is -0.174. The maximum Gasteiger partial charge on any atom is 0.221 e. The van der Waals surface area contributed by atoms with Crippen LogP contribution in [0.25, 0.3) is 0 Å². The number of rotatable bonds is 7. The number of nitrogens with two attached hydrogens (primary N) is 1. The standard InChI is InChI=1S/C19H31N5O/c1-3-21-19(22-4-2)23-12-15-7-5-8-16(11-15)13-24-10-6-9-17(14-24)18(20)25/h5,7-8,11,17H,3-4,6,9-10,12-14H2,1-2H3,(H2,20,25)(H2,21,22,23). The predicted molar refractivity (Wildman–Crippen MR) is 102 cm³/mol. The third-order valence-corrected chi connectivity index (χ3v) is 4.41. The topological polar surface area (TPSA) is 82.8 Å². The van der Waals surface area contributed by atoms with E-state index in [1.165, 1.54) is 11.1 Å². The van der Waals surface area contributed by atoms with E-state index in [9.17, 15) is 4.79 Å². The van der Waals surface area contributed by atoms with Crippen LogP contribution in [0.3, 0.4) is 0 Å². The van der Waals surface area contributed by atoms with Gasteiger partial charge in [-0.15, -0.1) is 0 Å². The van der Waals surface area contributed by atoms with Gasteiger partial charge in [0.25, 0.3) is 0 Å². The summed E-state index contributed by atoms with van der Waals surface area (Å²) in [6.45, 7) is 9.11. The number of likely N-dealkylation sites (tertiary alicyclic amines) is 1. The SMILES string of the molecule is CCNC(=NCc1cccc(CN2CCCC(C(N)=O)C2)c1)NCC. The van der Waals surface area contributed by atoms with E-state index in [1.54, 1.807) is 0 Å². The normalized spacial score (nSPS) is 17.8. The number of amides is 1. The molecule has 0 saturated carbocycles. The number of hydrogen-bond donors (Lipinski definition) is 3. The van der Waals surface area contributed by atoms with Gasteiger partial charge in [-0.05, 0) is 44.4 Å². The Bertz CT molecular complexity index is 579. The molecular weight excluding hydrogens is 314 g/mol. The first-order valence-corrected chi connectivity index (χ1v) is 9.24. The molecule has 1 atom stereocenters. The second-order valence-electron chi connectivity index (χ2n) is 6.52. The quantitative estimate of drug-likeness (QED) is 0.516. The molecule has 25 heavy (non-hydrogen) atoms. The largest absolute Gasteiger partial charge is 0.369 e. The molecule has 1 saturated heterocycles. The molecular formula is C19H31N5O. The van der Waals surface area contributed by atoms with Crippen LogP contribution in [0.4, 0.5) is 0 Å². The molecule has 0 aliphatic carbocycles. The molecule has 0 spiro atoms. The average molecular weight is 345 g/mol. The van der Waals surface area contributed by atoms with Gasteiger partial charge in [-0.1, -0.05) is 24.3 Å². The van der Waals surface area contributed by atoms with E-state index in [4.69, 9.17) is 5.73 Å². The summed E-state index contributed by atoms with van der Waals surface area (Å²) in [7, 11) is 0. The van der Waals surface area contributed by atoms with E-state index in [-0.39, 0.29) is 11.8 Å². The summed E-state index contributed by atoms with van der Waals surface area (Å²) in [5.74, 6) is 0.659. The second kappa shape index (κ2) is 10.0. The molecule has 1 aliphatic rings. The van der Waals surface area contributed by atoms with Gasteiger partial charge in [0.1, 0.15) is 0 Å². The predicted octanol–water partition coefficient (Wildman–Crippen LogP) is 1.46. The van der Waals surface area contributed by atoms with Gasteiger partial charge in [0.2, 0.25) is 5.91 Å². The Labute approximate surface area is 150 Å². The van der Waals surface area contributed by atoms with Crippen molar-refractivity contribution in [1.82, 2.24) is 15.5 Å². The summed E-state index contributed by atoms with van der Waals surface area (Å²) in [4.78, 5) is 18.4. The summed E-state index contributed by atoms with van der Waals surface area (Å²) < 4.78 is 0. The minimum absolute atomic E-state index is 0.00988. The van der Waals surface area contributed by atoms with Crippen LogP contribution in [0.15, 0.2) is 29.3 Å². The highest BCUT2D eigenvalue weighted by atomic mass is 16.1. The fourth-order valence-electron chi connectivity index (χ4n) is 3.20. The molecule has 6 heteroatoms. The molecule has 4 N–H and O–H groups in total. The van der Waals surface area contributed by atoms with Gasteiger partial charge >= 0.3 is 0 Å². The maximum absolute atomic E-state index is 11.4. The second-order valence-corrected chi connectivity index (χ2v) is 6.52. The van der Waals surface area contributed by atoms with Crippen molar-refractivity contribution in [3.05, 3.63) is 35.4 Å². The van der Waals surface area contributed by atoms with E-state index in [1.807, 2.05) is 0 Å². The number of nitrogens with one attached hydrogen (secondary N) is 2. The lowest BCUT2D eigenvalue weighted by atomic mass is 9.97. The average Bonchev–Trinajstić information content (AvgIpc) is 2.61. The van der Waals surface area contributed by atoms with Crippen LogP contribution < -0.4 is 16.4 Å². The zero-order chi connectivity index (χ0) is 18.1. The Morgan fingerprint density at radius 1 is 1.28 bits per heavy atom. The van der Waals surface area contributed by atoms with Crippen LogP contribution in [0.5, 0.6) is 0 Å². The summed E-state index contributed by atoms with van der Waals surface area (Å²) in [5.41, 5.74) is 7.92. The third kappa shape index (κ3) is 6.38. The molecule has 1 fully saturated rings. The van der Waals surface area contributed by atoms with E-state index in [2.05, 4.69) is 58.6 Å². The lowest BCUT2D eigenvalue weighted by Crippen LogP contribution is -2.40. The Balaban J connectivity index is 1.96. The number of aliphatic imine (C=N–C) groups is 1. The number of piperidine rings is 1. The van der Waals surface area contributed by atoms with Crippen molar-refractivity contribution in [1.29, 1.82) is 0 Å². The van der Waals surface area contributed by atoms with Crippen LogP contribution >= 0.6 is 0 Å². The fourth-order valence-corrected chi connectivity index (χ4v) is 3.20. The van der Waals surface area contributed by atoms with Crippen LogP contribution in [-0.4, -0.2) is 42.9 Å².